The molecule has 1 fully saturated rings. The lowest BCUT2D eigenvalue weighted by atomic mass is 10.1. The van der Waals surface area contributed by atoms with Crippen molar-refractivity contribution in [1.82, 2.24) is 14.3 Å². The third-order valence-corrected chi connectivity index (χ3v) is 6.47. The summed E-state index contributed by atoms with van der Waals surface area (Å²) in [5, 5.41) is 0. The summed E-state index contributed by atoms with van der Waals surface area (Å²) in [7, 11) is -2.71. The zero-order chi connectivity index (χ0) is 22.8. The fraction of sp³-hybridized carbons (Fsp3) is 0.389. The maximum absolute atomic E-state index is 13.0. The molecule has 1 amide bonds. The van der Waals surface area contributed by atoms with Gasteiger partial charge in [0.1, 0.15) is 11.9 Å². The molecule has 2 heterocycles. The maximum atomic E-state index is 13.0. The van der Waals surface area contributed by atoms with Gasteiger partial charge in [0.05, 0.1) is 24.1 Å². The van der Waals surface area contributed by atoms with Crippen molar-refractivity contribution < 1.29 is 35.9 Å². The number of amides is 1. The fourth-order valence-electron chi connectivity index (χ4n) is 3.11. The van der Waals surface area contributed by atoms with Crippen LogP contribution >= 0.6 is 0 Å². The molecule has 2 aromatic rings. The predicted octanol–water partition coefficient (Wildman–Crippen LogP) is 1.83. The normalized spacial score (nSPS) is 17.9. The Hall–Kier alpha value is -2.93. The zero-order valence-corrected chi connectivity index (χ0v) is 17.1. The van der Waals surface area contributed by atoms with Gasteiger partial charge >= 0.3 is 12.2 Å². The number of hydrogen-bond acceptors (Lipinski definition) is 7. The van der Waals surface area contributed by atoms with E-state index in [-0.39, 0.29) is 29.3 Å². The Bertz CT molecular complexity index is 1080. The Morgan fingerprint density at radius 1 is 1.29 bits per heavy atom. The van der Waals surface area contributed by atoms with Crippen molar-refractivity contribution in [3.05, 3.63) is 41.7 Å². The molecule has 0 aliphatic carbocycles. The average Bonchev–Trinajstić information content (AvgIpc) is 2.73. The van der Waals surface area contributed by atoms with Crippen molar-refractivity contribution in [3.8, 4) is 11.8 Å². The van der Waals surface area contributed by atoms with Gasteiger partial charge in [0.15, 0.2) is 5.69 Å². The number of methoxy groups -OCH3 is 1. The topological polar surface area (TPSA) is 125 Å². The van der Waals surface area contributed by atoms with Crippen LogP contribution < -0.4 is 15.2 Å². The molecule has 0 spiro atoms. The first-order valence-corrected chi connectivity index (χ1v) is 10.5. The Morgan fingerprint density at radius 2 is 2.03 bits per heavy atom. The molecule has 3 rings (SSSR count). The number of sulfonamides is 1. The van der Waals surface area contributed by atoms with E-state index in [4.69, 9.17) is 15.2 Å². The highest BCUT2D eigenvalue weighted by Gasteiger charge is 2.35. The molecule has 2 N–H and O–H groups in total. The van der Waals surface area contributed by atoms with Gasteiger partial charge in [0, 0.05) is 12.7 Å². The van der Waals surface area contributed by atoms with Crippen molar-refractivity contribution in [3.63, 3.8) is 0 Å². The van der Waals surface area contributed by atoms with Crippen LogP contribution in [-0.2, 0) is 16.2 Å². The zero-order valence-electron chi connectivity index (χ0n) is 16.3. The first kappa shape index (κ1) is 22.7. The van der Waals surface area contributed by atoms with Crippen LogP contribution in [0.2, 0.25) is 0 Å². The highest BCUT2D eigenvalue weighted by molar-refractivity contribution is 7.89. The van der Waals surface area contributed by atoms with Crippen LogP contribution in [0.1, 0.15) is 28.9 Å². The summed E-state index contributed by atoms with van der Waals surface area (Å²) in [6.45, 7) is 0.0451. The van der Waals surface area contributed by atoms with Gasteiger partial charge in [-0.25, -0.2) is 13.4 Å². The molecule has 1 saturated heterocycles. The van der Waals surface area contributed by atoms with Crippen LogP contribution in [0.25, 0.3) is 0 Å². The van der Waals surface area contributed by atoms with E-state index < -0.39 is 39.9 Å². The monoisotopic (exact) mass is 460 g/mol. The van der Waals surface area contributed by atoms with E-state index in [1.54, 1.807) is 0 Å². The molecule has 1 unspecified atom stereocenters. The number of rotatable bonds is 6. The molecule has 0 bridgehead atoms. The minimum absolute atomic E-state index is 0.0919. The summed E-state index contributed by atoms with van der Waals surface area (Å²) >= 11 is 0. The number of halogens is 3. The largest absolute Gasteiger partial charge is 0.496 e. The number of aromatic nitrogens is 2. The molecule has 1 aliphatic heterocycles. The lowest BCUT2D eigenvalue weighted by molar-refractivity contribution is -0.141. The molecular weight excluding hydrogens is 441 g/mol. The smallest absolute Gasteiger partial charge is 0.433 e. The second-order valence-corrected chi connectivity index (χ2v) is 8.63. The first-order valence-electron chi connectivity index (χ1n) is 9.07. The quantitative estimate of drug-likeness (QED) is 0.697. The second-order valence-electron chi connectivity index (χ2n) is 6.69. The van der Waals surface area contributed by atoms with E-state index >= 15 is 0 Å². The highest BCUT2D eigenvalue weighted by atomic mass is 32.2. The average molecular weight is 460 g/mol. The standard InChI is InChI=1S/C18H19F3N4O5S/c1-29-14-5-4-12(9-13(14)16(22)26)31(27,28)25-8-2-3-11(10-25)30-17-23-7-6-15(24-17)18(19,20)21/h4-7,9,11H,2-3,8,10H2,1H3,(H2,22,26). The summed E-state index contributed by atoms with van der Waals surface area (Å²) in [5.41, 5.74) is 4.04. The molecule has 31 heavy (non-hydrogen) atoms. The van der Waals surface area contributed by atoms with E-state index in [0.29, 0.717) is 18.9 Å². The van der Waals surface area contributed by atoms with Gasteiger partial charge in [-0.05, 0) is 37.1 Å². The third kappa shape index (κ3) is 5.05. The summed E-state index contributed by atoms with van der Waals surface area (Å²) in [5.74, 6) is -0.719. The number of carbonyl (C=O) groups is 1. The summed E-state index contributed by atoms with van der Waals surface area (Å²) < 4.78 is 76.1. The van der Waals surface area contributed by atoms with Crippen LogP contribution in [0.4, 0.5) is 13.2 Å². The van der Waals surface area contributed by atoms with E-state index in [2.05, 4.69) is 9.97 Å². The number of carbonyl (C=O) groups excluding carboxylic acids is 1. The van der Waals surface area contributed by atoms with Crippen LogP contribution in [0.5, 0.6) is 11.8 Å². The van der Waals surface area contributed by atoms with Crippen LogP contribution in [0.3, 0.4) is 0 Å². The lowest BCUT2D eigenvalue weighted by Gasteiger charge is -2.31. The fourth-order valence-corrected chi connectivity index (χ4v) is 4.65. The molecule has 13 heteroatoms. The SMILES string of the molecule is COc1ccc(S(=O)(=O)N2CCCC(Oc3nccc(C(F)(F)F)n3)C2)cc1C(N)=O. The van der Waals surface area contributed by atoms with Crippen molar-refractivity contribution in [2.24, 2.45) is 5.73 Å². The number of piperidine rings is 1. The van der Waals surface area contributed by atoms with E-state index in [1.807, 2.05) is 0 Å². The van der Waals surface area contributed by atoms with Crippen molar-refractivity contribution >= 4 is 15.9 Å². The summed E-state index contributed by atoms with van der Waals surface area (Å²) in [4.78, 5) is 18.5. The Kier molecular flexibility index (Phi) is 6.36. The number of alkyl halides is 3. The van der Waals surface area contributed by atoms with Crippen molar-refractivity contribution in [2.75, 3.05) is 20.2 Å². The van der Waals surface area contributed by atoms with Gasteiger partial charge in [0.25, 0.3) is 5.91 Å². The molecule has 1 aromatic carbocycles. The van der Waals surface area contributed by atoms with Gasteiger partial charge in [-0.1, -0.05) is 0 Å². The van der Waals surface area contributed by atoms with E-state index in [1.165, 1.54) is 19.2 Å². The predicted molar refractivity (Wildman–Crippen MR) is 101 cm³/mol. The minimum atomic E-state index is -4.66. The minimum Gasteiger partial charge on any atom is -0.496 e. The lowest BCUT2D eigenvalue weighted by Crippen LogP contribution is -2.44. The second kappa shape index (κ2) is 8.67. The Labute approximate surface area is 176 Å². The van der Waals surface area contributed by atoms with Gasteiger partial charge in [-0.3, -0.25) is 4.79 Å². The Balaban J connectivity index is 1.80. The molecule has 1 atom stereocenters. The number of ether oxygens (including phenoxy) is 2. The molecule has 9 nitrogen and oxygen atoms in total. The maximum Gasteiger partial charge on any atom is 0.433 e. The van der Waals surface area contributed by atoms with Crippen LogP contribution in [0.15, 0.2) is 35.4 Å². The molecule has 0 radical (unpaired) electrons. The van der Waals surface area contributed by atoms with Gasteiger partial charge in [-0.15, -0.1) is 0 Å². The van der Waals surface area contributed by atoms with Crippen LogP contribution in [0, 0.1) is 0 Å². The summed E-state index contributed by atoms with van der Waals surface area (Å²) in [6, 6.07) is 3.95. The number of benzene rings is 1. The van der Waals surface area contributed by atoms with Crippen molar-refractivity contribution in [2.45, 2.75) is 30.0 Å². The third-order valence-electron chi connectivity index (χ3n) is 4.61. The number of hydrogen-bond donors (Lipinski definition) is 1. The molecule has 168 valence electrons. The molecular formula is C18H19F3N4O5S. The van der Waals surface area contributed by atoms with E-state index in [9.17, 15) is 26.4 Å². The van der Waals surface area contributed by atoms with Gasteiger partial charge in [-0.2, -0.15) is 22.5 Å². The Morgan fingerprint density at radius 3 is 2.68 bits per heavy atom. The first-order chi connectivity index (χ1) is 14.5. The van der Waals surface area contributed by atoms with Gasteiger partial charge in [0.2, 0.25) is 10.0 Å². The molecule has 1 aromatic heterocycles. The number of nitrogens with two attached hydrogens (primary N) is 1. The van der Waals surface area contributed by atoms with Crippen LogP contribution in [-0.4, -0.2) is 54.9 Å². The molecule has 0 saturated carbocycles. The number of nitrogens with zero attached hydrogens (tertiary/aromatic N) is 3. The molecule has 1 aliphatic rings. The van der Waals surface area contributed by atoms with Gasteiger partial charge < -0.3 is 15.2 Å². The van der Waals surface area contributed by atoms with Crippen molar-refractivity contribution in [1.29, 1.82) is 0 Å². The number of primary amides is 1. The van der Waals surface area contributed by atoms with E-state index in [0.717, 1.165) is 16.6 Å². The highest BCUT2D eigenvalue weighted by Crippen LogP contribution is 2.29. The summed E-state index contributed by atoms with van der Waals surface area (Å²) in [6.07, 6.45) is -3.68.